The number of aliphatic carboxylic acids is 1. The van der Waals surface area contributed by atoms with Crippen LogP contribution in [-0.4, -0.2) is 16.6 Å². The normalized spacial score (nSPS) is 42.9. The molecule has 2 aliphatic carbocycles. The molecule has 0 aromatic heterocycles. The zero-order valence-electron chi connectivity index (χ0n) is 8.59. The molecule has 0 aromatic carbocycles. The molecular formula is C11H19NO2. The van der Waals surface area contributed by atoms with Crippen LogP contribution in [0.4, 0.5) is 0 Å². The fourth-order valence-corrected chi connectivity index (χ4v) is 3.39. The Hall–Kier alpha value is -0.570. The molecule has 2 saturated carbocycles. The minimum absolute atomic E-state index is 0.407. The number of hydrogen-bond acceptors (Lipinski definition) is 2. The van der Waals surface area contributed by atoms with Crippen molar-refractivity contribution >= 4 is 5.97 Å². The summed E-state index contributed by atoms with van der Waals surface area (Å²) in [7, 11) is 0. The molecule has 0 aliphatic heterocycles. The molecule has 0 aromatic rings. The highest BCUT2D eigenvalue weighted by atomic mass is 16.4. The van der Waals surface area contributed by atoms with Crippen LogP contribution in [0.15, 0.2) is 0 Å². The van der Waals surface area contributed by atoms with Crippen LogP contribution in [0.3, 0.4) is 0 Å². The Balaban J connectivity index is 2.34. The summed E-state index contributed by atoms with van der Waals surface area (Å²) < 4.78 is 0. The second-order valence-corrected chi connectivity index (χ2v) is 4.96. The molecular weight excluding hydrogens is 178 g/mol. The van der Waals surface area contributed by atoms with Crippen molar-refractivity contribution in [1.29, 1.82) is 0 Å². The molecule has 3 heteroatoms. The van der Waals surface area contributed by atoms with Crippen molar-refractivity contribution in [1.82, 2.24) is 0 Å². The first-order chi connectivity index (χ1) is 6.61. The minimum atomic E-state index is -0.653. The van der Waals surface area contributed by atoms with Gasteiger partial charge in [-0.15, -0.1) is 0 Å². The number of carbonyl (C=O) groups is 1. The molecule has 0 atom stereocenters. The third-order valence-corrected chi connectivity index (χ3v) is 4.32. The van der Waals surface area contributed by atoms with Crippen molar-refractivity contribution in [3.05, 3.63) is 0 Å². The summed E-state index contributed by atoms with van der Waals surface area (Å²) in [4.78, 5) is 11.4. The molecule has 80 valence electrons. The van der Waals surface area contributed by atoms with Crippen LogP contribution in [0.2, 0.25) is 0 Å². The molecule has 3 nitrogen and oxygen atoms in total. The van der Waals surface area contributed by atoms with E-state index in [2.05, 4.69) is 0 Å². The lowest BCUT2D eigenvalue weighted by Gasteiger charge is -2.52. The standard InChI is InChI=1S/C11H19NO2/c12-11-7-3-1-5-10(11,9(13)14)6-2-4-8-11/h1-8,12H2,(H,13,14). The van der Waals surface area contributed by atoms with Gasteiger partial charge in [-0.1, -0.05) is 25.7 Å². The lowest BCUT2D eigenvalue weighted by Crippen LogP contribution is -2.62. The molecule has 2 rings (SSSR count). The molecule has 0 radical (unpaired) electrons. The summed E-state index contributed by atoms with van der Waals surface area (Å²) in [5.41, 5.74) is 5.32. The summed E-state index contributed by atoms with van der Waals surface area (Å²) >= 11 is 0. The molecule has 0 spiro atoms. The van der Waals surface area contributed by atoms with E-state index in [4.69, 9.17) is 5.73 Å². The van der Waals surface area contributed by atoms with Gasteiger partial charge in [-0.3, -0.25) is 4.79 Å². The van der Waals surface area contributed by atoms with Gasteiger partial charge in [-0.05, 0) is 25.7 Å². The second kappa shape index (κ2) is 3.23. The van der Waals surface area contributed by atoms with Gasteiger partial charge in [0, 0.05) is 5.54 Å². The van der Waals surface area contributed by atoms with Crippen LogP contribution >= 0.6 is 0 Å². The first kappa shape index (κ1) is 9.97. The summed E-state index contributed by atoms with van der Waals surface area (Å²) in [5, 5.41) is 9.41. The highest BCUT2D eigenvalue weighted by Gasteiger charge is 2.56. The van der Waals surface area contributed by atoms with Gasteiger partial charge in [0.1, 0.15) is 0 Å². The number of nitrogens with two attached hydrogens (primary N) is 1. The SMILES string of the molecule is NC12CCCCC1(C(=O)O)CCCC2. The van der Waals surface area contributed by atoms with Crippen molar-refractivity contribution in [2.45, 2.75) is 56.9 Å². The lowest BCUT2D eigenvalue weighted by molar-refractivity contribution is -0.160. The van der Waals surface area contributed by atoms with Crippen LogP contribution < -0.4 is 5.73 Å². The summed E-state index contributed by atoms with van der Waals surface area (Å²) in [6.45, 7) is 0. The van der Waals surface area contributed by atoms with E-state index >= 15 is 0 Å². The molecule has 0 saturated heterocycles. The van der Waals surface area contributed by atoms with E-state index in [0.717, 1.165) is 51.4 Å². The Kier molecular flexibility index (Phi) is 2.30. The van der Waals surface area contributed by atoms with E-state index in [-0.39, 0.29) is 0 Å². The average Bonchev–Trinajstić information content (AvgIpc) is 2.16. The number of carboxylic acids is 1. The maximum atomic E-state index is 11.4. The zero-order chi connectivity index (χ0) is 10.2. The van der Waals surface area contributed by atoms with Crippen molar-refractivity contribution < 1.29 is 9.90 Å². The van der Waals surface area contributed by atoms with Gasteiger partial charge >= 0.3 is 5.97 Å². The monoisotopic (exact) mass is 197 g/mol. The van der Waals surface area contributed by atoms with Gasteiger partial charge in [-0.25, -0.2) is 0 Å². The quantitative estimate of drug-likeness (QED) is 0.675. The molecule has 3 N–H and O–H groups in total. The van der Waals surface area contributed by atoms with Crippen molar-refractivity contribution in [2.24, 2.45) is 11.1 Å². The zero-order valence-corrected chi connectivity index (χ0v) is 8.59. The van der Waals surface area contributed by atoms with Crippen molar-refractivity contribution in [3.63, 3.8) is 0 Å². The van der Waals surface area contributed by atoms with E-state index in [1.165, 1.54) is 0 Å². The summed E-state index contributed by atoms with van der Waals surface area (Å²) in [6, 6.07) is 0. The topological polar surface area (TPSA) is 63.3 Å². The molecule has 0 unspecified atom stereocenters. The minimum Gasteiger partial charge on any atom is -0.481 e. The van der Waals surface area contributed by atoms with E-state index < -0.39 is 16.9 Å². The Labute approximate surface area is 84.7 Å². The predicted octanol–water partition coefficient (Wildman–Crippen LogP) is 1.90. The molecule has 0 amide bonds. The average molecular weight is 197 g/mol. The van der Waals surface area contributed by atoms with Crippen molar-refractivity contribution in [2.75, 3.05) is 0 Å². The fourth-order valence-electron chi connectivity index (χ4n) is 3.39. The van der Waals surface area contributed by atoms with E-state index in [0.29, 0.717) is 0 Å². The molecule has 2 aliphatic rings. The van der Waals surface area contributed by atoms with E-state index in [1.807, 2.05) is 0 Å². The Morgan fingerprint density at radius 2 is 1.43 bits per heavy atom. The highest BCUT2D eigenvalue weighted by molar-refractivity contribution is 5.77. The van der Waals surface area contributed by atoms with Crippen LogP contribution in [0.1, 0.15) is 51.4 Å². The number of hydrogen-bond donors (Lipinski definition) is 2. The number of rotatable bonds is 1. The second-order valence-electron chi connectivity index (χ2n) is 4.96. The van der Waals surface area contributed by atoms with Gasteiger partial charge < -0.3 is 10.8 Å². The smallest absolute Gasteiger partial charge is 0.311 e. The van der Waals surface area contributed by atoms with E-state index in [1.54, 1.807) is 0 Å². The Morgan fingerprint density at radius 3 is 1.79 bits per heavy atom. The summed E-state index contributed by atoms with van der Waals surface area (Å²) in [6.07, 6.45) is 7.66. The van der Waals surface area contributed by atoms with Gasteiger partial charge in [0.2, 0.25) is 0 Å². The third kappa shape index (κ3) is 1.18. The first-order valence-corrected chi connectivity index (χ1v) is 5.63. The Bertz CT molecular complexity index is 238. The lowest BCUT2D eigenvalue weighted by atomic mass is 9.55. The largest absolute Gasteiger partial charge is 0.481 e. The maximum absolute atomic E-state index is 11.4. The highest BCUT2D eigenvalue weighted by Crippen LogP contribution is 2.51. The fraction of sp³-hybridized carbons (Fsp3) is 0.909. The third-order valence-electron chi connectivity index (χ3n) is 4.32. The Morgan fingerprint density at radius 1 is 1.00 bits per heavy atom. The number of fused-ring (bicyclic) bond motifs is 1. The van der Waals surface area contributed by atoms with Crippen LogP contribution in [0, 0.1) is 5.41 Å². The first-order valence-electron chi connectivity index (χ1n) is 5.63. The molecule has 14 heavy (non-hydrogen) atoms. The van der Waals surface area contributed by atoms with Gasteiger partial charge in [0.05, 0.1) is 5.41 Å². The van der Waals surface area contributed by atoms with Crippen LogP contribution in [0.25, 0.3) is 0 Å². The summed E-state index contributed by atoms with van der Waals surface area (Å²) in [5.74, 6) is -0.653. The molecule has 0 bridgehead atoms. The van der Waals surface area contributed by atoms with E-state index in [9.17, 15) is 9.90 Å². The van der Waals surface area contributed by atoms with Crippen LogP contribution in [0.5, 0.6) is 0 Å². The van der Waals surface area contributed by atoms with Gasteiger partial charge in [-0.2, -0.15) is 0 Å². The van der Waals surface area contributed by atoms with Gasteiger partial charge in [0.25, 0.3) is 0 Å². The predicted molar refractivity (Wildman–Crippen MR) is 53.9 cm³/mol. The van der Waals surface area contributed by atoms with Gasteiger partial charge in [0.15, 0.2) is 0 Å². The molecule has 0 heterocycles. The number of carboxylic acid groups (broad SMARTS) is 1. The van der Waals surface area contributed by atoms with Crippen LogP contribution in [-0.2, 0) is 4.79 Å². The maximum Gasteiger partial charge on any atom is 0.311 e. The molecule has 2 fully saturated rings. The van der Waals surface area contributed by atoms with Crippen molar-refractivity contribution in [3.8, 4) is 0 Å².